The van der Waals surface area contributed by atoms with Gasteiger partial charge in [-0.15, -0.1) is 5.92 Å². The minimum absolute atomic E-state index is 0.302. The Labute approximate surface area is 190 Å². The van der Waals surface area contributed by atoms with E-state index >= 15 is 0 Å². The molecule has 1 fully saturated rings. The maximum atomic E-state index is 13.1. The molecule has 0 unspecified atom stereocenters. The Hall–Kier alpha value is -4.09. The number of fused-ring (bicyclic) bond motifs is 1. The van der Waals surface area contributed by atoms with Crippen LogP contribution in [-0.4, -0.2) is 45.0 Å². The number of nitrogens with zero attached hydrogens (tertiary/aromatic N) is 3. The summed E-state index contributed by atoms with van der Waals surface area (Å²) < 4.78 is 20.4. The van der Waals surface area contributed by atoms with E-state index < -0.39 is 5.91 Å². The van der Waals surface area contributed by atoms with Gasteiger partial charge in [-0.2, -0.15) is 5.10 Å². The Morgan fingerprint density at radius 1 is 1.18 bits per heavy atom. The van der Waals surface area contributed by atoms with E-state index in [2.05, 4.69) is 26.8 Å². The fourth-order valence-corrected chi connectivity index (χ4v) is 4.09. The third-order valence-corrected chi connectivity index (χ3v) is 5.79. The van der Waals surface area contributed by atoms with Gasteiger partial charge in [-0.3, -0.25) is 9.69 Å². The number of imidazole rings is 1. The van der Waals surface area contributed by atoms with Crippen LogP contribution < -0.4 is 10.5 Å². The lowest BCUT2D eigenvalue weighted by Crippen LogP contribution is -2.44. The highest BCUT2D eigenvalue weighted by Crippen LogP contribution is 2.33. The largest absolute Gasteiger partial charge is 0.457 e. The van der Waals surface area contributed by atoms with Crippen LogP contribution in [0.4, 0.5) is 4.39 Å². The predicted molar refractivity (Wildman–Crippen MR) is 123 cm³/mol. The average Bonchev–Trinajstić information content (AvgIpc) is 3.34. The average molecular weight is 443 g/mol. The van der Waals surface area contributed by atoms with Crippen molar-refractivity contribution >= 4 is 11.6 Å². The summed E-state index contributed by atoms with van der Waals surface area (Å²) in [6, 6.07) is 13.1. The van der Waals surface area contributed by atoms with Crippen LogP contribution in [0.25, 0.3) is 16.9 Å². The Morgan fingerprint density at radius 3 is 2.48 bits per heavy atom. The molecule has 0 aliphatic carbocycles. The third-order valence-electron chi connectivity index (χ3n) is 5.79. The molecule has 166 valence electrons. The summed E-state index contributed by atoms with van der Waals surface area (Å²) in [4.78, 5) is 17.9. The van der Waals surface area contributed by atoms with Crippen molar-refractivity contribution in [3.8, 4) is 34.6 Å². The normalized spacial score (nSPS) is 14.0. The monoisotopic (exact) mass is 443 g/mol. The molecule has 0 atom stereocenters. The number of benzene rings is 2. The Bertz CT molecular complexity index is 1370. The highest BCUT2D eigenvalue weighted by molar-refractivity contribution is 5.98. The number of ether oxygens (including phenoxy) is 1. The van der Waals surface area contributed by atoms with Crippen LogP contribution in [0.15, 0.2) is 54.7 Å². The van der Waals surface area contributed by atoms with E-state index in [4.69, 9.17) is 10.5 Å². The molecular weight excluding hydrogens is 421 g/mol. The Balaban J connectivity index is 1.42. The number of H-pyrrole nitrogens is 1. The molecule has 1 amide bonds. The van der Waals surface area contributed by atoms with E-state index in [9.17, 15) is 9.18 Å². The Morgan fingerprint density at radius 2 is 1.85 bits per heavy atom. The number of rotatable bonds is 6. The van der Waals surface area contributed by atoms with Crippen LogP contribution in [0.5, 0.6) is 11.5 Å². The van der Waals surface area contributed by atoms with Crippen molar-refractivity contribution < 1.29 is 13.9 Å². The van der Waals surface area contributed by atoms with E-state index in [0.717, 1.165) is 36.4 Å². The number of halogens is 1. The molecule has 0 radical (unpaired) electrons. The summed E-state index contributed by atoms with van der Waals surface area (Å²) in [6.07, 6.45) is 1.80. The number of aromatic nitrogens is 3. The second-order valence-corrected chi connectivity index (χ2v) is 7.97. The van der Waals surface area contributed by atoms with Gasteiger partial charge in [0, 0.05) is 30.1 Å². The molecule has 0 bridgehead atoms. The van der Waals surface area contributed by atoms with E-state index in [1.54, 1.807) is 35.0 Å². The van der Waals surface area contributed by atoms with Crippen molar-refractivity contribution in [3.63, 3.8) is 0 Å². The van der Waals surface area contributed by atoms with Crippen molar-refractivity contribution in [1.82, 2.24) is 19.5 Å². The van der Waals surface area contributed by atoms with E-state index in [1.807, 2.05) is 19.1 Å². The molecule has 0 spiro atoms. The molecule has 4 aromatic rings. The Kier molecular flexibility index (Phi) is 5.32. The first-order valence-electron chi connectivity index (χ1n) is 10.6. The number of carbonyl (C=O) groups excluding carboxylic acids is 1. The van der Waals surface area contributed by atoms with Crippen molar-refractivity contribution in [2.24, 2.45) is 5.73 Å². The number of likely N-dealkylation sites (tertiary alicyclic amines) is 1. The first-order valence-corrected chi connectivity index (χ1v) is 10.6. The summed E-state index contributed by atoms with van der Waals surface area (Å²) >= 11 is 0. The van der Waals surface area contributed by atoms with Gasteiger partial charge < -0.3 is 15.5 Å². The van der Waals surface area contributed by atoms with Crippen molar-refractivity contribution in [2.45, 2.75) is 12.8 Å². The minimum Gasteiger partial charge on any atom is -0.457 e. The number of amides is 1. The maximum absolute atomic E-state index is 13.1. The highest BCUT2D eigenvalue weighted by Gasteiger charge is 2.31. The number of primary amides is 1. The topological polar surface area (TPSA) is 88.7 Å². The van der Waals surface area contributed by atoms with Crippen LogP contribution in [-0.2, 0) is 0 Å². The molecule has 3 heterocycles. The SMILES string of the molecule is CC#CCN1CC(c2cnn3c(C(N)=O)c(-c4ccc(Oc5ccc(F)cc5)cc4)[nH]c23)C1. The van der Waals surface area contributed by atoms with Crippen molar-refractivity contribution in [3.05, 3.63) is 71.8 Å². The first-order chi connectivity index (χ1) is 16.0. The molecule has 1 aliphatic rings. The first kappa shape index (κ1) is 20.8. The molecule has 0 saturated carbocycles. The van der Waals surface area contributed by atoms with Gasteiger partial charge in [0.25, 0.3) is 5.91 Å². The standard InChI is InChI=1S/C25H22FN5O2/c1-2-3-12-30-14-17(15-30)21-13-28-31-23(24(27)32)22(29-25(21)31)16-4-8-19(9-5-16)33-20-10-6-18(26)7-11-20/h4-11,13,17,29H,12,14-15H2,1H3,(H2,27,32). The summed E-state index contributed by atoms with van der Waals surface area (Å²) in [5.41, 5.74) is 9.23. The zero-order valence-electron chi connectivity index (χ0n) is 18.0. The quantitative estimate of drug-likeness (QED) is 0.444. The van der Waals surface area contributed by atoms with Crippen molar-refractivity contribution in [1.29, 1.82) is 0 Å². The van der Waals surface area contributed by atoms with Crippen LogP contribution in [0.2, 0.25) is 0 Å². The van der Waals surface area contributed by atoms with Gasteiger partial charge >= 0.3 is 0 Å². The molecule has 3 N–H and O–H groups in total. The summed E-state index contributed by atoms with van der Waals surface area (Å²) in [7, 11) is 0. The zero-order valence-corrected chi connectivity index (χ0v) is 18.0. The minimum atomic E-state index is -0.564. The highest BCUT2D eigenvalue weighted by atomic mass is 19.1. The molecule has 1 saturated heterocycles. The molecule has 33 heavy (non-hydrogen) atoms. The second kappa shape index (κ2) is 8.45. The van der Waals surface area contributed by atoms with E-state index in [-0.39, 0.29) is 5.82 Å². The van der Waals surface area contributed by atoms with Gasteiger partial charge in [-0.05, 0) is 55.5 Å². The van der Waals surface area contributed by atoms with Gasteiger partial charge in [0.1, 0.15) is 23.0 Å². The zero-order chi connectivity index (χ0) is 22.9. The van der Waals surface area contributed by atoms with Gasteiger partial charge in [-0.1, -0.05) is 5.92 Å². The van der Waals surface area contributed by atoms with Gasteiger partial charge in [0.2, 0.25) is 0 Å². The van der Waals surface area contributed by atoms with Gasteiger partial charge in [-0.25, -0.2) is 8.91 Å². The maximum Gasteiger partial charge on any atom is 0.269 e. The lowest BCUT2D eigenvalue weighted by molar-refractivity contribution is 0.0994. The number of nitrogens with two attached hydrogens (primary N) is 1. The van der Waals surface area contributed by atoms with Crippen LogP contribution in [0.1, 0.15) is 28.9 Å². The smallest absolute Gasteiger partial charge is 0.269 e. The lowest BCUT2D eigenvalue weighted by Gasteiger charge is -2.37. The molecule has 2 aromatic heterocycles. The summed E-state index contributed by atoms with van der Waals surface area (Å²) in [6.45, 7) is 4.38. The summed E-state index contributed by atoms with van der Waals surface area (Å²) in [5.74, 6) is 6.56. The van der Waals surface area contributed by atoms with E-state index in [1.165, 1.54) is 12.1 Å². The van der Waals surface area contributed by atoms with E-state index in [0.29, 0.717) is 28.8 Å². The number of nitrogens with one attached hydrogen (secondary N) is 1. The van der Waals surface area contributed by atoms with Crippen LogP contribution >= 0.6 is 0 Å². The molecule has 2 aromatic carbocycles. The number of hydrogen-bond donors (Lipinski definition) is 2. The number of hydrogen-bond acceptors (Lipinski definition) is 4. The number of aromatic amines is 1. The molecule has 7 nitrogen and oxygen atoms in total. The number of carbonyl (C=O) groups is 1. The fraction of sp³-hybridized carbons (Fsp3) is 0.200. The molecule has 1 aliphatic heterocycles. The fourth-order valence-electron chi connectivity index (χ4n) is 4.09. The lowest BCUT2D eigenvalue weighted by atomic mass is 9.93. The van der Waals surface area contributed by atoms with Gasteiger partial charge in [0.15, 0.2) is 5.69 Å². The van der Waals surface area contributed by atoms with Crippen LogP contribution in [0, 0.1) is 17.7 Å². The second-order valence-electron chi connectivity index (χ2n) is 7.97. The predicted octanol–water partition coefficient (Wildman–Crippen LogP) is 3.78. The van der Waals surface area contributed by atoms with Crippen molar-refractivity contribution in [2.75, 3.05) is 19.6 Å². The van der Waals surface area contributed by atoms with Crippen LogP contribution in [0.3, 0.4) is 0 Å². The molecule has 8 heteroatoms. The summed E-state index contributed by atoms with van der Waals surface area (Å²) in [5, 5.41) is 4.44. The third kappa shape index (κ3) is 3.95. The molecular formula is C25H22FN5O2. The molecule has 5 rings (SSSR count). The van der Waals surface area contributed by atoms with Gasteiger partial charge in [0.05, 0.1) is 18.4 Å².